The zero-order valence-electron chi connectivity index (χ0n) is 12.1. The van der Waals surface area contributed by atoms with E-state index in [1.54, 1.807) is 12.1 Å². The van der Waals surface area contributed by atoms with Gasteiger partial charge in [0, 0.05) is 31.7 Å². The van der Waals surface area contributed by atoms with Gasteiger partial charge in [-0.05, 0) is 19.1 Å². The van der Waals surface area contributed by atoms with E-state index in [-0.39, 0.29) is 5.82 Å². The van der Waals surface area contributed by atoms with Gasteiger partial charge < -0.3 is 15.0 Å². The van der Waals surface area contributed by atoms with Crippen LogP contribution in [0.5, 0.6) is 5.75 Å². The van der Waals surface area contributed by atoms with E-state index in [1.165, 1.54) is 13.2 Å². The number of hydrogen-bond acceptors (Lipinski definition) is 5. The van der Waals surface area contributed by atoms with Gasteiger partial charge in [-0.3, -0.25) is 5.10 Å². The summed E-state index contributed by atoms with van der Waals surface area (Å²) in [6, 6.07) is 5.06. The molecule has 112 valence electrons. The molecule has 0 radical (unpaired) electrons. The number of anilines is 1. The van der Waals surface area contributed by atoms with E-state index in [0.29, 0.717) is 29.1 Å². The molecule has 21 heavy (non-hydrogen) atoms. The number of ether oxygens (including phenoxy) is 1. The Bertz CT molecular complexity index is 630. The van der Waals surface area contributed by atoms with Crippen molar-refractivity contribution in [3.8, 4) is 17.1 Å². The third-order valence-corrected chi connectivity index (χ3v) is 3.56. The van der Waals surface area contributed by atoms with Crippen molar-refractivity contribution in [1.29, 1.82) is 0 Å². The summed E-state index contributed by atoms with van der Waals surface area (Å²) >= 11 is 0. The van der Waals surface area contributed by atoms with Crippen molar-refractivity contribution in [2.45, 2.75) is 13.0 Å². The zero-order chi connectivity index (χ0) is 14.8. The Morgan fingerprint density at radius 3 is 3.00 bits per heavy atom. The fraction of sp³-hybridized carbons (Fsp3) is 0.429. The van der Waals surface area contributed by atoms with Crippen LogP contribution in [0.2, 0.25) is 0 Å². The van der Waals surface area contributed by atoms with Crippen molar-refractivity contribution in [3.05, 3.63) is 24.0 Å². The molecule has 0 spiro atoms. The molecule has 0 bridgehead atoms. The van der Waals surface area contributed by atoms with E-state index < -0.39 is 0 Å². The first-order valence-corrected chi connectivity index (χ1v) is 6.92. The number of rotatable bonds is 3. The van der Waals surface area contributed by atoms with Gasteiger partial charge in [0.15, 0.2) is 5.82 Å². The van der Waals surface area contributed by atoms with Crippen molar-refractivity contribution >= 4 is 5.95 Å². The molecule has 0 amide bonds. The van der Waals surface area contributed by atoms with E-state index in [2.05, 4.69) is 32.3 Å². The summed E-state index contributed by atoms with van der Waals surface area (Å²) in [5, 5.41) is 10.4. The third kappa shape index (κ3) is 2.82. The topological polar surface area (TPSA) is 66.1 Å². The number of benzene rings is 1. The van der Waals surface area contributed by atoms with Crippen LogP contribution in [0.1, 0.15) is 6.92 Å². The van der Waals surface area contributed by atoms with E-state index in [0.717, 1.165) is 19.6 Å². The highest BCUT2D eigenvalue weighted by Gasteiger charge is 2.20. The van der Waals surface area contributed by atoms with Gasteiger partial charge in [0.05, 0.1) is 12.7 Å². The van der Waals surface area contributed by atoms with E-state index in [4.69, 9.17) is 4.74 Å². The van der Waals surface area contributed by atoms with Gasteiger partial charge in [0.25, 0.3) is 0 Å². The molecule has 1 fully saturated rings. The lowest BCUT2D eigenvalue weighted by Gasteiger charge is -2.30. The summed E-state index contributed by atoms with van der Waals surface area (Å²) < 4.78 is 19.0. The molecule has 3 rings (SSSR count). The number of H-pyrrole nitrogens is 1. The maximum atomic E-state index is 14.0. The number of halogens is 1. The van der Waals surface area contributed by atoms with Crippen LogP contribution >= 0.6 is 0 Å². The smallest absolute Gasteiger partial charge is 0.245 e. The van der Waals surface area contributed by atoms with Crippen molar-refractivity contribution in [2.75, 3.05) is 31.6 Å². The molecule has 7 heteroatoms. The lowest BCUT2D eigenvalue weighted by Crippen LogP contribution is -2.49. The molecule has 2 heterocycles. The van der Waals surface area contributed by atoms with Gasteiger partial charge in [0.2, 0.25) is 5.95 Å². The van der Waals surface area contributed by atoms with Crippen LogP contribution in [0, 0.1) is 5.82 Å². The molecule has 6 nitrogen and oxygen atoms in total. The van der Waals surface area contributed by atoms with Crippen LogP contribution in [0.15, 0.2) is 18.2 Å². The third-order valence-electron chi connectivity index (χ3n) is 3.56. The standard InChI is InChI=1S/C14H18FN5O/c1-9-8-20(6-5-16-9)14-17-13(18-19-14)11-4-3-10(21-2)7-12(11)15/h3-4,7,9,16H,5-6,8H2,1-2H3,(H,17,18,19)/t9-/m1/s1. The quantitative estimate of drug-likeness (QED) is 0.895. The molecule has 2 N–H and O–H groups in total. The summed E-state index contributed by atoms with van der Waals surface area (Å²) in [4.78, 5) is 6.49. The molecule has 0 aliphatic carbocycles. The second-order valence-electron chi connectivity index (χ2n) is 5.13. The predicted octanol–water partition coefficient (Wildman–Crippen LogP) is 1.42. The van der Waals surface area contributed by atoms with Crippen molar-refractivity contribution < 1.29 is 9.13 Å². The van der Waals surface area contributed by atoms with E-state index in [9.17, 15) is 4.39 Å². The lowest BCUT2D eigenvalue weighted by molar-refractivity contribution is 0.411. The van der Waals surface area contributed by atoms with Crippen LogP contribution in [0.4, 0.5) is 10.3 Å². The fourth-order valence-corrected chi connectivity index (χ4v) is 2.44. The Kier molecular flexibility index (Phi) is 3.74. The summed E-state index contributed by atoms with van der Waals surface area (Å²) in [6.07, 6.45) is 0. The SMILES string of the molecule is COc1ccc(-c2nc(N3CCN[C@H](C)C3)n[nH]2)c(F)c1. The summed E-state index contributed by atoms with van der Waals surface area (Å²) in [7, 11) is 1.51. The number of methoxy groups -OCH3 is 1. The zero-order valence-corrected chi connectivity index (χ0v) is 12.1. The fourth-order valence-electron chi connectivity index (χ4n) is 2.44. The number of nitrogens with one attached hydrogen (secondary N) is 2. The molecule has 1 saturated heterocycles. The first-order chi connectivity index (χ1) is 10.2. The molecular weight excluding hydrogens is 273 g/mol. The van der Waals surface area contributed by atoms with Gasteiger partial charge in [-0.1, -0.05) is 0 Å². The monoisotopic (exact) mass is 291 g/mol. The van der Waals surface area contributed by atoms with Crippen LogP contribution < -0.4 is 15.0 Å². The molecule has 1 aliphatic heterocycles. The minimum absolute atomic E-state index is 0.384. The molecule has 1 aromatic heterocycles. The number of aromatic nitrogens is 3. The van der Waals surface area contributed by atoms with Gasteiger partial charge >= 0.3 is 0 Å². The van der Waals surface area contributed by atoms with Gasteiger partial charge in [0.1, 0.15) is 11.6 Å². The Hall–Kier alpha value is -2.15. The molecule has 1 atom stereocenters. The first-order valence-electron chi connectivity index (χ1n) is 6.92. The Morgan fingerprint density at radius 1 is 1.43 bits per heavy atom. The second kappa shape index (κ2) is 5.69. The average Bonchev–Trinajstić information content (AvgIpc) is 2.96. The summed E-state index contributed by atoms with van der Waals surface area (Å²) in [6.45, 7) is 4.68. The van der Waals surface area contributed by atoms with Gasteiger partial charge in [-0.2, -0.15) is 4.98 Å². The Morgan fingerprint density at radius 2 is 2.29 bits per heavy atom. The van der Waals surface area contributed by atoms with Gasteiger partial charge in [-0.25, -0.2) is 4.39 Å². The minimum Gasteiger partial charge on any atom is -0.497 e. The minimum atomic E-state index is -0.384. The molecule has 1 aromatic carbocycles. The molecule has 0 saturated carbocycles. The van der Waals surface area contributed by atoms with Crippen LogP contribution in [-0.4, -0.2) is 48.0 Å². The largest absolute Gasteiger partial charge is 0.497 e. The van der Waals surface area contributed by atoms with Crippen LogP contribution in [0.3, 0.4) is 0 Å². The maximum absolute atomic E-state index is 14.0. The number of aromatic amines is 1. The van der Waals surface area contributed by atoms with E-state index >= 15 is 0 Å². The number of nitrogens with zero attached hydrogens (tertiary/aromatic N) is 3. The molecule has 2 aromatic rings. The summed E-state index contributed by atoms with van der Waals surface area (Å²) in [5.41, 5.74) is 0.387. The van der Waals surface area contributed by atoms with E-state index in [1.807, 2.05) is 0 Å². The number of hydrogen-bond donors (Lipinski definition) is 2. The Balaban J connectivity index is 1.84. The first kappa shape index (κ1) is 13.8. The van der Waals surface area contributed by atoms with Crippen molar-refractivity contribution in [3.63, 3.8) is 0 Å². The highest BCUT2D eigenvalue weighted by atomic mass is 19.1. The highest BCUT2D eigenvalue weighted by Crippen LogP contribution is 2.24. The molecule has 0 unspecified atom stereocenters. The van der Waals surface area contributed by atoms with Crippen LogP contribution in [0.25, 0.3) is 11.4 Å². The normalized spacial score (nSPS) is 18.8. The van der Waals surface area contributed by atoms with Crippen molar-refractivity contribution in [1.82, 2.24) is 20.5 Å². The molecular formula is C14H18FN5O. The Labute approximate surface area is 122 Å². The van der Waals surface area contributed by atoms with Crippen LogP contribution in [-0.2, 0) is 0 Å². The number of piperazine rings is 1. The maximum Gasteiger partial charge on any atom is 0.245 e. The molecule has 1 aliphatic rings. The average molecular weight is 291 g/mol. The highest BCUT2D eigenvalue weighted by molar-refractivity contribution is 5.58. The summed E-state index contributed by atoms with van der Waals surface area (Å²) in [5.74, 6) is 1.13. The lowest BCUT2D eigenvalue weighted by atomic mass is 10.2. The van der Waals surface area contributed by atoms with Crippen molar-refractivity contribution in [2.24, 2.45) is 0 Å². The van der Waals surface area contributed by atoms with Gasteiger partial charge in [-0.15, -0.1) is 5.10 Å². The second-order valence-corrected chi connectivity index (χ2v) is 5.13. The predicted molar refractivity (Wildman–Crippen MR) is 78.0 cm³/mol.